The van der Waals surface area contributed by atoms with Gasteiger partial charge in [-0.25, -0.2) is 9.97 Å². The van der Waals surface area contributed by atoms with Crippen molar-refractivity contribution < 1.29 is 4.74 Å². The Balaban J connectivity index is 1.23. The van der Waals surface area contributed by atoms with Gasteiger partial charge in [0.15, 0.2) is 5.82 Å². The van der Waals surface area contributed by atoms with E-state index in [1.807, 2.05) is 30.6 Å². The molecular formula is C54H33N3O. The van der Waals surface area contributed by atoms with Gasteiger partial charge in [0.2, 0.25) is 0 Å². The van der Waals surface area contributed by atoms with E-state index in [4.69, 9.17) is 19.7 Å². The Morgan fingerprint density at radius 3 is 1.64 bits per heavy atom. The lowest BCUT2D eigenvalue weighted by atomic mass is 9.66. The Morgan fingerprint density at radius 1 is 0.379 bits per heavy atom. The van der Waals surface area contributed by atoms with Crippen LogP contribution in [0.5, 0.6) is 11.5 Å². The number of rotatable bonds is 4. The summed E-state index contributed by atoms with van der Waals surface area (Å²) in [5, 5.41) is 4.58. The van der Waals surface area contributed by atoms with Gasteiger partial charge in [-0.1, -0.05) is 170 Å². The first-order valence-corrected chi connectivity index (χ1v) is 19.7. The number of nitrogens with zero attached hydrogens (tertiary/aromatic N) is 3. The Bertz CT molecular complexity index is 3220. The van der Waals surface area contributed by atoms with E-state index in [1.165, 1.54) is 22.1 Å². The molecule has 0 N–H and O–H groups in total. The first-order valence-electron chi connectivity index (χ1n) is 19.7. The normalized spacial score (nSPS) is 13.1. The molecule has 1 aliphatic heterocycles. The zero-order valence-electron chi connectivity index (χ0n) is 31.3. The van der Waals surface area contributed by atoms with Crippen LogP contribution >= 0.6 is 0 Å². The topological polar surface area (TPSA) is 47.9 Å². The summed E-state index contributed by atoms with van der Waals surface area (Å²) < 4.78 is 6.72. The van der Waals surface area contributed by atoms with Gasteiger partial charge in [-0.3, -0.25) is 4.98 Å². The van der Waals surface area contributed by atoms with E-state index in [2.05, 4.69) is 170 Å². The molecule has 0 bridgehead atoms. The molecule has 1 aliphatic carbocycles. The van der Waals surface area contributed by atoms with Crippen LogP contribution in [0.1, 0.15) is 22.3 Å². The van der Waals surface area contributed by atoms with E-state index >= 15 is 0 Å². The van der Waals surface area contributed by atoms with Crippen molar-refractivity contribution >= 4 is 21.5 Å². The third-order valence-corrected chi connectivity index (χ3v) is 12.0. The molecule has 270 valence electrons. The number of fused-ring (bicyclic) bond motifs is 11. The number of benzene rings is 8. The molecule has 2 aromatic heterocycles. The van der Waals surface area contributed by atoms with Crippen molar-refractivity contribution in [2.24, 2.45) is 0 Å². The number of ether oxygens (including phenoxy) is 1. The van der Waals surface area contributed by atoms with Crippen LogP contribution in [0.3, 0.4) is 0 Å². The largest absolute Gasteiger partial charge is 0.457 e. The van der Waals surface area contributed by atoms with Crippen molar-refractivity contribution in [1.82, 2.24) is 15.0 Å². The van der Waals surface area contributed by atoms with Crippen LogP contribution in [0.4, 0.5) is 0 Å². The molecule has 0 amide bonds. The quantitative estimate of drug-likeness (QED) is 0.180. The number of hydrogen-bond acceptors (Lipinski definition) is 4. The molecule has 0 radical (unpaired) electrons. The lowest BCUT2D eigenvalue weighted by Crippen LogP contribution is -2.32. The standard InChI is InChI=1S/C54H33N3O/c1-2-16-35(17-3-1)53-56-47(39-22-12-19-34-15-4-6-20-37(34)39)31-48(57-53)41-24-14-28-46-52(41)51-40(42-33-55-32-36-18-5-7-21-38(36)42)23-13-27-45(51)54(46)43-25-8-10-29-49(43)58-50-30-11-9-26-44(50)54/h1-33H. The van der Waals surface area contributed by atoms with E-state index < -0.39 is 5.41 Å². The highest BCUT2D eigenvalue weighted by Gasteiger charge is 2.52. The summed E-state index contributed by atoms with van der Waals surface area (Å²) >= 11 is 0. The minimum absolute atomic E-state index is 0.673. The van der Waals surface area contributed by atoms with Crippen molar-refractivity contribution in [1.29, 1.82) is 0 Å². The second-order valence-electron chi connectivity index (χ2n) is 15.1. The molecule has 8 aromatic carbocycles. The minimum atomic E-state index is -0.673. The molecule has 2 aliphatic rings. The van der Waals surface area contributed by atoms with Gasteiger partial charge in [-0.05, 0) is 62.2 Å². The average molecular weight is 740 g/mol. The molecule has 0 fully saturated rings. The van der Waals surface area contributed by atoms with Crippen LogP contribution in [0, 0.1) is 0 Å². The fourth-order valence-corrected chi connectivity index (χ4v) is 9.65. The van der Waals surface area contributed by atoms with Gasteiger partial charge in [-0.15, -0.1) is 0 Å². The molecule has 10 aromatic rings. The van der Waals surface area contributed by atoms with Gasteiger partial charge in [0, 0.05) is 51.2 Å². The number of pyridine rings is 1. The molecule has 0 saturated heterocycles. The molecule has 0 unspecified atom stereocenters. The van der Waals surface area contributed by atoms with Crippen molar-refractivity contribution in [2.45, 2.75) is 5.41 Å². The van der Waals surface area contributed by atoms with Gasteiger partial charge in [0.25, 0.3) is 0 Å². The number of aromatic nitrogens is 3. The highest BCUT2D eigenvalue weighted by molar-refractivity contribution is 6.07. The second-order valence-corrected chi connectivity index (χ2v) is 15.1. The molecule has 0 atom stereocenters. The first kappa shape index (κ1) is 32.5. The molecule has 58 heavy (non-hydrogen) atoms. The van der Waals surface area contributed by atoms with Gasteiger partial charge in [0.05, 0.1) is 16.8 Å². The molecule has 3 heterocycles. The summed E-state index contributed by atoms with van der Waals surface area (Å²) in [4.78, 5) is 15.6. The van der Waals surface area contributed by atoms with Crippen LogP contribution in [0.2, 0.25) is 0 Å². The molecule has 1 spiro atoms. The summed E-state index contributed by atoms with van der Waals surface area (Å²) in [6, 6.07) is 66.6. The van der Waals surface area contributed by atoms with Gasteiger partial charge < -0.3 is 4.74 Å². The number of hydrogen-bond donors (Lipinski definition) is 0. The van der Waals surface area contributed by atoms with Crippen LogP contribution in [0.15, 0.2) is 200 Å². The Kier molecular flexibility index (Phi) is 7.11. The van der Waals surface area contributed by atoms with Gasteiger partial charge >= 0.3 is 0 Å². The van der Waals surface area contributed by atoms with E-state index in [0.29, 0.717) is 5.82 Å². The van der Waals surface area contributed by atoms with E-state index in [9.17, 15) is 0 Å². The monoisotopic (exact) mass is 739 g/mol. The Morgan fingerprint density at radius 2 is 0.897 bits per heavy atom. The van der Waals surface area contributed by atoms with Crippen molar-refractivity contribution in [2.75, 3.05) is 0 Å². The first-order chi connectivity index (χ1) is 28.8. The molecule has 12 rings (SSSR count). The lowest BCUT2D eigenvalue weighted by Gasteiger charge is -2.39. The summed E-state index contributed by atoms with van der Waals surface area (Å²) in [7, 11) is 0. The summed E-state index contributed by atoms with van der Waals surface area (Å²) in [5.41, 5.74) is 13.3. The zero-order valence-corrected chi connectivity index (χ0v) is 31.3. The second kappa shape index (κ2) is 12.7. The highest BCUT2D eigenvalue weighted by atomic mass is 16.5. The third-order valence-electron chi connectivity index (χ3n) is 12.0. The number of para-hydroxylation sites is 2. The van der Waals surface area contributed by atoms with Crippen LogP contribution in [0.25, 0.3) is 77.7 Å². The van der Waals surface area contributed by atoms with Crippen LogP contribution < -0.4 is 4.74 Å². The maximum atomic E-state index is 6.72. The van der Waals surface area contributed by atoms with E-state index in [-0.39, 0.29) is 0 Å². The summed E-state index contributed by atoms with van der Waals surface area (Å²) in [6.07, 6.45) is 3.97. The Labute approximate surface area is 335 Å². The third kappa shape index (κ3) is 4.66. The van der Waals surface area contributed by atoms with Crippen molar-refractivity contribution in [3.05, 3.63) is 223 Å². The molecule has 4 heteroatoms. The fraction of sp³-hybridized carbons (Fsp3) is 0.0185. The zero-order chi connectivity index (χ0) is 38.2. The SMILES string of the molecule is c1ccc(-c2nc(-c3cccc4c3-c3c(-c5cncc6ccccc56)cccc3C43c4ccccc4Oc4ccccc43)cc(-c3cccc4ccccc34)n2)cc1. The van der Waals surface area contributed by atoms with Crippen LogP contribution in [-0.2, 0) is 5.41 Å². The molecule has 4 nitrogen and oxygen atoms in total. The molecular weight excluding hydrogens is 707 g/mol. The maximum Gasteiger partial charge on any atom is 0.160 e. The van der Waals surface area contributed by atoms with E-state index in [0.717, 1.165) is 83.6 Å². The van der Waals surface area contributed by atoms with E-state index in [1.54, 1.807) is 0 Å². The lowest BCUT2D eigenvalue weighted by molar-refractivity contribution is 0.436. The van der Waals surface area contributed by atoms with Gasteiger partial charge in [-0.2, -0.15) is 0 Å². The summed E-state index contributed by atoms with van der Waals surface area (Å²) in [5.74, 6) is 2.39. The fourth-order valence-electron chi connectivity index (χ4n) is 9.65. The summed E-state index contributed by atoms with van der Waals surface area (Å²) in [6.45, 7) is 0. The highest BCUT2D eigenvalue weighted by Crippen LogP contribution is 2.64. The minimum Gasteiger partial charge on any atom is -0.457 e. The molecule has 0 saturated carbocycles. The van der Waals surface area contributed by atoms with Crippen LogP contribution in [-0.4, -0.2) is 15.0 Å². The maximum absolute atomic E-state index is 6.72. The predicted octanol–water partition coefficient (Wildman–Crippen LogP) is 13.3. The predicted molar refractivity (Wildman–Crippen MR) is 234 cm³/mol. The van der Waals surface area contributed by atoms with Crippen molar-refractivity contribution in [3.8, 4) is 67.7 Å². The Hall–Kier alpha value is -7.69. The van der Waals surface area contributed by atoms with Gasteiger partial charge in [0.1, 0.15) is 11.5 Å². The average Bonchev–Trinajstić information content (AvgIpc) is 3.60. The smallest absolute Gasteiger partial charge is 0.160 e. The van der Waals surface area contributed by atoms with Crippen molar-refractivity contribution in [3.63, 3.8) is 0 Å².